The molecular formula is C30H41N5O3. The van der Waals surface area contributed by atoms with Crippen LogP contribution < -0.4 is 26.8 Å². The lowest BCUT2D eigenvalue weighted by Gasteiger charge is -2.35. The fourth-order valence-corrected chi connectivity index (χ4v) is 5.65. The number of benzene rings is 2. The van der Waals surface area contributed by atoms with Gasteiger partial charge in [0.2, 0.25) is 5.91 Å². The molecule has 2 aromatic carbocycles. The minimum Gasteiger partial charge on any atom is -0.383 e. The van der Waals surface area contributed by atoms with Gasteiger partial charge in [0.25, 0.3) is 5.91 Å². The van der Waals surface area contributed by atoms with Crippen LogP contribution in [0.5, 0.6) is 0 Å². The lowest BCUT2D eigenvalue weighted by Crippen LogP contribution is -2.49. The number of carbonyl (C=O) groups excluding carboxylic acids is 2. The molecule has 4 rings (SSSR count). The molecule has 1 aliphatic carbocycles. The fourth-order valence-electron chi connectivity index (χ4n) is 5.65. The maximum atomic E-state index is 13.2. The van der Waals surface area contributed by atoms with Gasteiger partial charge in [-0.15, -0.1) is 0 Å². The van der Waals surface area contributed by atoms with E-state index in [1.807, 2.05) is 31.2 Å². The molecule has 0 spiro atoms. The molecule has 1 aliphatic heterocycles. The predicted molar refractivity (Wildman–Crippen MR) is 152 cm³/mol. The number of methoxy groups -OCH3 is 1. The third-order valence-corrected chi connectivity index (χ3v) is 7.73. The van der Waals surface area contributed by atoms with Crippen LogP contribution in [0.1, 0.15) is 54.9 Å². The number of rotatable bonds is 10. The molecule has 0 unspecified atom stereocenters. The molecule has 0 aromatic heterocycles. The highest BCUT2D eigenvalue weighted by Gasteiger charge is 2.33. The van der Waals surface area contributed by atoms with Crippen molar-refractivity contribution in [3.8, 4) is 0 Å². The second-order valence-corrected chi connectivity index (χ2v) is 10.3. The molecule has 5 N–H and O–H groups in total. The summed E-state index contributed by atoms with van der Waals surface area (Å²) in [6.07, 6.45) is 9.01. The van der Waals surface area contributed by atoms with Crippen molar-refractivity contribution in [2.45, 2.75) is 57.5 Å². The van der Waals surface area contributed by atoms with Crippen LogP contribution in [0.4, 0.5) is 11.4 Å². The molecule has 8 heteroatoms. The molecule has 0 bridgehead atoms. The van der Waals surface area contributed by atoms with E-state index in [2.05, 4.69) is 34.1 Å². The molecule has 8 nitrogen and oxygen atoms in total. The Morgan fingerprint density at radius 1 is 1.13 bits per heavy atom. The zero-order valence-electron chi connectivity index (χ0n) is 22.5. The van der Waals surface area contributed by atoms with Crippen LogP contribution in [0.3, 0.4) is 0 Å². The van der Waals surface area contributed by atoms with Gasteiger partial charge in [0.1, 0.15) is 0 Å². The van der Waals surface area contributed by atoms with Gasteiger partial charge in [-0.05, 0) is 74.4 Å². The zero-order valence-corrected chi connectivity index (χ0v) is 22.5. The molecule has 2 aromatic rings. The Bertz CT molecular complexity index is 1100. The van der Waals surface area contributed by atoms with Gasteiger partial charge in [-0.3, -0.25) is 14.6 Å². The number of nitrogens with one attached hydrogen (secondary N) is 3. The normalized spacial score (nSPS) is 22.8. The van der Waals surface area contributed by atoms with E-state index in [1.165, 1.54) is 16.3 Å². The van der Waals surface area contributed by atoms with E-state index in [0.29, 0.717) is 24.6 Å². The maximum Gasteiger partial charge on any atom is 0.251 e. The van der Waals surface area contributed by atoms with Gasteiger partial charge in [-0.1, -0.05) is 37.1 Å². The van der Waals surface area contributed by atoms with Gasteiger partial charge in [0.05, 0.1) is 24.3 Å². The number of hydrogen-bond acceptors (Lipinski definition) is 6. The minimum absolute atomic E-state index is 0.0305. The molecule has 0 radical (unpaired) electrons. The quantitative estimate of drug-likeness (QED) is 0.279. The van der Waals surface area contributed by atoms with Crippen molar-refractivity contribution in [1.82, 2.24) is 10.6 Å². The van der Waals surface area contributed by atoms with Crippen molar-refractivity contribution in [2.75, 3.05) is 30.6 Å². The molecule has 4 atom stereocenters. The van der Waals surface area contributed by atoms with Gasteiger partial charge < -0.3 is 20.7 Å². The number of para-hydroxylation sites is 1. The van der Waals surface area contributed by atoms with Crippen LogP contribution in [-0.4, -0.2) is 44.2 Å². The Balaban J connectivity index is 1.31. The molecule has 1 saturated carbocycles. The second kappa shape index (κ2) is 13.4. The summed E-state index contributed by atoms with van der Waals surface area (Å²) in [5.74, 6) is 5.97. The smallest absolute Gasteiger partial charge is 0.251 e. The van der Waals surface area contributed by atoms with Gasteiger partial charge in [-0.25, -0.2) is 5.84 Å². The van der Waals surface area contributed by atoms with Crippen molar-refractivity contribution in [1.29, 1.82) is 0 Å². The van der Waals surface area contributed by atoms with E-state index >= 15 is 0 Å². The highest BCUT2D eigenvalue weighted by atomic mass is 16.5. The summed E-state index contributed by atoms with van der Waals surface area (Å²) < 4.78 is 5.46. The van der Waals surface area contributed by atoms with Gasteiger partial charge >= 0.3 is 0 Å². The van der Waals surface area contributed by atoms with Crippen LogP contribution >= 0.6 is 0 Å². The van der Waals surface area contributed by atoms with E-state index in [1.54, 1.807) is 25.4 Å². The van der Waals surface area contributed by atoms with E-state index in [0.717, 1.165) is 44.2 Å². The largest absolute Gasteiger partial charge is 0.383 e. The second-order valence-electron chi connectivity index (χ2n) is 10.3. The van der Waals surface area contributed by atoms with Gasteiger partial charge in [0, 0.05) is 37.1 Å². The Morgan fingerprint density at radius 3 is 2.66 bits per heavy atom. The third kappa shape index (κ3) is 6.94. The highest BCUT2D eigenvalue weighted by molar-refractivity contribution is 5.95. The molecule has 2 amide bonds. The summed E-state index contributed by atoms with van der Waals surface area (Å²) >= 11 is 0. The number of fused-ring (bicyclic) bond motifs is 1. The van der Waals surface area contributed by atoms with Gasteiger partial charge in [0.15, 0.2) is 0 Å². The first-order valence-corrected chi connectivity index (χ1v) is 13.7. The van der Waals surface area contributed by atoms with E-state index in [-0.39, 0.29) is 29.8 Å². The summed E-state index contributed by atoms with van der Waals surface area (Å²) in [7, 11) is 1.73. The molecule has 1 heterocycles. The lowest BCUT2D eigenvalue weighted by molar-refractivity contribution is -0.126. The Hall–Kier alpha value is -3.36. The van der Waals surface area contributed by atoms with E-state index in [9.17, 15) is 9.59 Å². The lowest BCUT2D eigenvalue weighted by atomic mass is 9.83. The molecule has 38 heavy (non-hydrogen) atoms. The van der Waals surface area contributed by atoms with E-state index < -0.39 is 0 Å². The summed E-state index contributed by atoms with van der Waals surface area (Å²) in [6, 6.07) is 15.6. The highest BCUT2D eigenvalue weighted by Crippen LogP contribution is 2.30. The zero-order chi connectivity index (χ0) is 26.9. The number of anilines is 2. The monoisotopic (exact) mass is 519 g/mol. The SMILES string of the molecule is C/C=C\N(N)c1ccc(C(=O)N[C@@H]2CCCC[C@@H]2C(=O)NCC[C@H]2Cc3ccccc3N[C@H]2COC)cc1. The number of amides is 2. The average molecular weight is 520 g/mol. The van der Waals surface area contributed by atoms with Crippen LogP contribution in [0.2, 0.25) is 0 Å². The number of hydrazine groups is 1. The minimum atomic E-state index is -0.221. The number of nitrogens with two attached hydrogens (primary N) is 1. The van der Waals surface area contributed by atoms with Crippen LogP contribution in [0.25, 0.3) is 0 Å². The first kappa shape index (κ1) is 27.7. The number of carbonyl (C=O) groups is 2. The van der Waals surface area contributed by atoms with Crippen LogP contribution in [0.15, 0.2) is 60.8 Å². The van der Waals surface area contributed by atoms with Crippen molar-refractivity contribution in [3.63, 3.8) is 0 Å². The Morgan fingerprint density at radius 2 is 1.89 bits per heavy atom. The molecule has 204 valence electrons. The molecular weight excluding hydrogens is 478 g/mol. The predicted octanol–water partition coefficient (Wildman–Crippen LogP) is 3.99. The van der Waals surface area contributed by atoms with Crippen LogP contribution in [0, 0.1) is 11.8 Å². The summed E-state index contributed by atoms with van der Waals surface area (Å²) in [5.41, 5.74) is 3.82. The van der Waals surface area contributed by atoms with Crippen molar-refractivity contribution >= 4 is 23.2 Å². The summed E-state index contributed by atoms with van der Waals surface area (Å²) in [6.45, 7) is 3.13. The molecule has 1 fully saturated rings. The number of ether oxygens (including phenoxy) is 1. The van der Waals surface area contributed by atoms with Crippen molar-refractivity contribution < 1.29 is 14.3 Å². The summed E-state index contributed by atoms with van der Waals surface area (Å²) in [5, 5.41) is 11.4. The third-order valence-electron chi connectivity index (χ3n) is 7.73. The number of hydrogen-bond donors (Lipinski definition) is 4. The first-order valence-electron chi connectivity index (χ1n) is 13.7. The summed E-state index contributed by atoms with van der Waals surface area (Å²) in [4.78, 5) is 26.2. The molecule has 2 aliphatic rings. The average Bonchev–Trinajstić information content (AvgIpc) is 2.94. The van der Waals surface area contributed by atoms with Gasteiger partial charge in [-0.2, -0.15) is 0 Å². The van der Waals surface area contributed by atoms with Crippen LogP contribution in [-0.2, 0) is 16.0 Å². The standard InChI is InChI=1S/C30H41N5O3/c1-3-18-35(31)24-14-12-21(13-15-24)29(36)34-27-11-7-5-9-25(27)30(37)32-17-16-23-19-22-8-4-6-10-26(22)33-28(23)20-38-2/h3-4,6,8,10,12-15,18,23,25,27-28,33H,5,7,9,11,16-17,19-20,31H2,1-2H3,(H,32,37)(H,34,36)/b18-3-/t23-,25-,27+,28-/m0/s1. The number of nitrogens with zero attached hydrogens (tertiary/aromatic N) is 1. The first-order chi connectivity index (χ1) is 18.5. The molecule has 0 saturated heterocycles. The Kier molecular flexibility index (Phi) is 9.79. The van der Waals surface area contributed by atoms with E-state index in [4.69, 9.17) is 10.6 Å². The van der Waals surface area contributed by atoms with Crippen molar-refractivity contribution in [2.24, 2.45) is 17.7 Å². The van der Waals surface area contributed by atoms with Crippen molar-refractivity contribution in [3.05, 3.63) is 71.9 Å². The topological polar surface area (TPSA) is 109 Å². The number of allylic oxidation sites excluding steroid dienone is 1. The Labute approximate surface area is 226 Å². The maximum absolute atomic E-state index is 13.2. The fraction of sp³-hybridized carbons (Fsp3) is 0.467.